The number of nitrogens with zero attached hydrogens (tertiary/aromatic N) is 1. The van der Waals surface area contributed by atoms with Crippen molar-refractivity contribution in [2.45, 2.75) is 45.2 Å². The van der Waals surface area contributed by atoms with Gasteiger partial charge in [0.15, 0.2) is 0 Å². The molecule has 128 valence electrons. The summed E-state index contributed by atoms with van der Waals surface area (Å²) in [5, 5.41) is 0. The van der Waals surface area contributed by atoms with Crippen molar-refractivity contribution in [3.8, 4) is 17.0 Å². The molecule has 0 amide bonds. The van der Waals surface area contributed by atoms with Crippen LogP contribution in [0.25, 0.3) is 11.3 Å². The van der Waals surface area contributed by atoms with E-state index in [9.17, 15) is 4.39 Å². The number of rotatable bonds is 10. The van der Waals surface area contributed by atoms with Gasteiger partial charge < -0.3 is 4.74 Å². The number of aryl methyl sites for hydroxylation is 1. The maximum atomic E-state index is 12.7. The molecule has 1 aromatic carbocycles. The average molecular weight is 327 g/mol. The van der Waals surface area contributed by atoms with Gasteiger partial charge in [0.25, 0.3) is 0 Å². The highest BCUT2D eigenvalue weighted by molar-refractivity contribution is 5.59. The number of ether oxygens (including phenoxy) is 1. The number of halogens is 1. The molecule has 0 radical (unpaired) electrons. The second-order valence-electron chi connectivity index (χ2n) is 6.06. The monoisotopic (exact) mass is 327 g/mol. The van der Waals surface area contributed by atoms with Crippen molar-refractivity contribution in [1.29, 1.82) is 0 Å². The molecule has 0 N–H and O–H groups in total. The Morgan fingerprint density at radius 1 is 1.12 bits per heavy atom. The zero-order chi connectivity index (χ0) is 17.2. The molecule has 1 heterocycles. The molecule has 0 fully saturated rings. The molecule has 0 spiro atoms. The normalized spacial score (nSPS) is 11.9. The zero-order valence-electron chi connectivity index (χ0n) is 14.4. The van der Waals surface area contributed by atoms with E-state index in [1.54, 1.807) is 19.2 Å². The van der Waals surface area contributed by atoms with Gasteiger partial charge in [-0.2, -0.15) is 0 Å². The number of alkyl halides is 1. The van der Waals surface area contributed by atoms with Gasteiger partial charge in [-0.3, -0.25) is 4.98 Å². The van der Waals surface area contributed by atoms with Crippen molar-refractivity contribution in [2.24, 2.45) is 0 Å². The maximum Gasteiger partial charge on any atom is 0.138 e. The van der Waals surface area contributed by atoms with E-state index in [-0.39, 0.29) is 0 Å². The Kier molecular flexibility index (Phi) is 7.47. The molecule has 0 bridgehead atoms. The Bertz CT molecular complexity index is 605. The molecule has 0 aliphatic heterocycles. The number of unbranched alkanes of at least 4 members (excludes halogenated alkanes) is 2. The zero-order valence-corrected chi connectivity index (χ0v) is 14.4. The maximum absolute atomic E-state index is 12.7. The van der Waals surface area contributed by atoms with Gasteiger partial charge in [0.05, 0.1) is 18.1 Å². The Morgan fingerprint density at radius 3 is 2.54 bits per heavy atom. The highest BCUT2D eigenvalue weighted by Crippen LogP contribution is 2.21. The summed E-state index contributed by atoms with van der Waals surface area (Å²) < 4.78 is 18.2. The summed E-state index contributed by atoms with van der Waals surface area (Å²) in [6, 6.07) is 12.4. The fraction of sp³-hybridized carbons (Fsp3) is 0.381. The van der Waals surface area contributed by atoms with Crippen LogP contribution in [0.15, 0.2) is 55.3 Å². The molecule has 2 rings (SSSR count). The molecule has 1 aromatic heterocycles. The molecule has 1 unspecified atom stereocenters. The summed E-state index contributed by atoms with van der Waals surface area (Å²) in [6.07, 6.45) is 7.66. The average Bonchev–Trinajstić information content (AvgIpc) is 2.60. The molecule has 2 nitrogen and oxygen atoms in total. The first-order chi connectivity index (χ1) is 11.7. The van der Waals surface area contributed by atoms with Gasteiger partial charge in [-0.05, 0) is 43.9 Å². The van der Waals surface area contributed by atoms with E-state index in [2.05, 4.69) is 35.8 Å². The molecule has 0 saturated carbocycles. The fourth-order valence-corrected chi connectivity index (χ4v) is 2.57. The summed E-state index contributed by atoms with van der Waals surface area (Å²) in [5.41, 5.74) is 3.35. The van der Waals surface area contributed by atoms with E-state index in [0.717, 1.165) is 42.7 Å². The van der Waals surface area contributed by atoms with E-state index < -0.39 is 6.17 Å². The van der Waals surface area contributed by atoms with Gasteiger partial charge in [-0.1, -0.05) is 49.8 Å². The van der Waals surface area contributed by atoms with Crippen LogP contribution in [0.3, 0.4) is 0 Å². The number of hydrogen-bond acceptors (Lipinski definition) is 2. The molecular formula is C21H26FNO. The smallest absolute Gasteiger partial charge is 0.138 e. The van der Waals surface area contributed by atoms with Gasteiger partial charge in [-0.25, -0.2) is 4.39 Å². The molecule has 24 heavy (non-hydrogen) atoms. The number of pyridine rings is 1. The van der Waals surface area contributed by atoms with E-state index in [1.165, 1.54) is 5.56 Å². The van der Waals surface area contributed by atoms with E-state index >= 15 is 0 Å². The first-order valence-electron chi connectivity index (χ1n) is 8.62. The van der Waals surface area contributed by atoms with Crippen molar-refractivity contribution in [1.82, 2.24) is 4.98 Å². The van der Waals surface area contributed by atoms with Crippen molar-refractivity contribution in [3.63, 3.8) is 0 Å². The molecule has 3 heteroatoms. The summed E-state index contributed by atoms with van der Waals surface area (Å²) in [5.74, 6) is 0.748. The minimum atomic E-state index is -0.676. The lowest BCUT2D eigenvalue weighted by atomic mass is 10.0. The standard InChI is InChI=1S/C21H26FNO/c1-3-15-24-20-13-14-21(23-16-20)19-11-9-18(10-12-19)8-6-4-5-7-17(2)22/h3,9-14,16-17H,1,4-8,15H2,2H3. The summed E-state index contributed by atoms with van der Waals surface area (Å²) >= 11 is 0. The fourth-order valence-electron chi connectivity index (χ4n) is 2.57. The predicted molar refractivity (Wildman–Crippen MR) is 98.1 cm³/mol. The minimum absolute atomic E-state index is 0.486. The highest BCUT2D eigenvalue weighted by Gasteiger charge is 2.02. The van der Waals surface area contributed by atoms with E-state index in [0.29, 0.717) is 13.0 Å². The van der Waals surface area contributed by atoms with Gasteiger partial charge in [0.2, 0.25) is 0 Å². The summed E-state index contributed by atoms with van der Waals surface area (Å²) in [4.78, 5) is 4.44. The van der Waals surface area contributed by atoms with E-state index in [1.807, 2.05) is 12.1 Å². The Morgan fingerprint density at radius 2 is 1.92 bits per heavy atom. The highest BCUT2D eigenvalue weighted by atomic mass is 19.1. The van der Waals surface area contributed by atoms with Crippen LogP contribution in [0, 0.1) is 0 Å². The third-order valence-electron chi connectivity index (χ3n) is 3.92. The third-order valence-corrected chi connectivity index (χ3v) is 3.92. The number of aromatic nitrogens is 1. The lowest BCUT2D eigenvalue weighted by molar-refractivity contribution is 0.330. The van der Waals surface area contributed by atoms with Gasteiger partial charge >= 0.3 is 0 Å². The van der Waals surface area contributed by atoms with Crippen molar-refractivity contribution in [2.75, 3.05) is 6.61 Å². The molecule has 0 saturated heterocycles. The van der Waals surface area contributed by atoms with Gasteiger partial charge in [0, 0.05) is 5.56 Å². The first-order valence-corrected chi connectivity index (χ1v) is 8.62. The van der Waals surface area contributed by atoms with Gasteiger partial charge in [-0.15, -0.1) is 0 Å². The van der Waals surface area contributed by atoms with Crippen LogP contribution in [0.4, 0.5) is 4.39 Å². The van der Waals surface area contributed by atoms with Gasteiger partial charge in [0.1, 0.15) is 12.4 Å². The number of hydrogen-bond donors (Lipinski definition) is 0. The minimum Gasteiger partial charge on any atom is -0.488 e. The topological polar surface area (TPSA) is 22.1 Å². The second-order valence-corrected chi connectivity index (χ2v) is 6.06. The molecular weight excluding hydrogens is 301 g/mol. The summed E-state index contributed by atoms with van der Waals surface area (Å²) in [6.45, 7) is 5.74. The predicted octanol–water partition coefficient (Wildman–Crippen LogP) is 5.77. The SMILES string of the molecule is C=CCOc1ccc(-c2ccc(CCCCCC(C)F)cc2)nc1. The van der Waals surface area contributed by atoms with Crippen LogP contribution < -0.4 is 4.74 Å². The largest absolute Gasteiger partial charge is 0.488 e. The van der Waals surface area contributed by atoms with E-state index in [4.69, 9.17) is 4.74 Å². The van der Waals surface area contributed by atoms with Crippen LogP contribution in [0.1, 0.15) is 38.2 Å². The lowest BCUT2D eigenvalue weighted by Crippen LogP contribution is -1.94. The Hall–Kier alpha value is -2.16. The van der Waals surface area contributed by atoms with Crippen LogP contribution in [0.5, 0.6) is 5.75 Å². The first kappa shape index (κ1) is 18.2. The summed E-state index contributed by atoms with van der Waals surface area (Å²) in [7, 11) is 0. The second kappa shape index (κ2) is 9.86. The Labute approximate surface area is 144 Å². The number of benzene rings is 1. The third kappa shape index (κ3) is 6.15. The Balaban J connectivity index is 1.83. The van der Waals surface area contributed by atoms with Crippen LogP contribution in [-0.4, -0.2) is 17.8 Å². The quantitative estimate of drug-likeness (QED) is 0.408. The van der Waals surface area contributed by atoms with Crippen molar-refractivity contribution < 1.29 is 9.13 Å². The van der Waals surface area contributed by atoms with Crippen molar-refractivity contribution in [3.05, 3.63) is 60.8 Å². The molecule has 1 atom stereocenters. The van der Waals surface area contributed by atoms with Crippen molar-refractivity contribution >= 4 is 0 Å². The molecule has 2 aromatic rings. The van der Waals surface area contributed by atoms with Crippen LogP contribution >= 0.6 is 0 Å². The lowest BCUT2D eigenvalue weighted by Gasteiger charge is -2.06. The van der Waals surface area contributed by atoms with Crippen LogP contribution in [-0.2, 0) is 6.42 Å². The van der Waals surface area contributed by atoms with Crippen LogP contribution in [0.2, 0.25) is 0 Å². The molecule has 0 aliphatic rings. The molecule has 0 aliphatic carbocycles.